The summed E-state index contributed by atoms with van der Waals surface area (Å²) in [7, 11) is 0. The summed E-state index contributed by atoms with van der Waals surface area (Å²) in [5, 5.41) is 18.7. The van der Waals surface area contributed by atoms with E-state index in [1.807, 2.05) is 6.07 Å². The number of nitriles is 1. The van der Waals surface area contributed by atoms with Gasteiger partial charge in [0, 0.05) is 6.20 Å². The monoisotopic (exact) mass is 216 g/mol. The topological polar surface area (TPSA) is 56.9 Å². The van der Waals surface area contributed by atoms with Crippen LogP contribution in [0.15, 0.2) is 18.3 Å². The number of rotatable bonds is 0. The summed E-state index contributed by atoms with van der Waals surface area (Å²) in [5.74, 6) is 0.0469. The zero-order chi connectivity index (χ0) is 8.55. The van der Waals surface area contributed by atoms with E-state index in [1.165, 1.54) is 11.3 Å². The molecule has 0 spiro atoms. The molecule has 2 rings (SSSR count). The average molecular weight is 216 g/mol. The summed E-state index contributed by atoms with van der Waals surface area (Å²) in [6.45, 7) is 0. The number of hydrogen-bond donors (Lipinski definition) is 1. The Morgan fingerprint density at radius 3 is 2.92 bits per heavy atom. The zero-order valence-corrected chi connectivity index (χ0v) is 6.80. The number of aromatic hydroxyl groups is 1. The van der Waals surface area contributed by atoms with Crippen LogP contribution < -0.4 is 0 Å². The van der Waals surface area contributed by atoms with Gasteiger partial charge in [-0.3, -0.25) is 0 Å². The van der Waals surface area contributed by atoms with Crippen molar-refractivity contribution in [2.75, 3.05) is 0 Å². The molecule has 0 atom stereocenters. The van der Waals surface area contributed by atoms with E-state index >= 15 is 0 Å². The van der Waals surface area contributed by atoms with Gasteiger partial charge in [-0.05, 0) is 12.1 Å². The molecule has 0 saturated heterocycles. The molecule has 0 aliphatic carbocycles. The fourth-order valence-corrected chi connectivity index (χ4v) is 1.83. The number of thiophene rings is 1. The molecule has 0 aromatic carbocycles. The van der Waals surface area contributed by atoms with Crippen molar-refractivity contribution in [3.63, 3.8) is 0 Å². The predicted octanol–water partition coefficient (Wildman–Crippen LogP) is 1.23. The van der Waals surface area contributed by atoms with Crippen LogP contribution in [0, 0.1) is 11.3 Å². The van der Waals surface area contributed by atoms with E-state index in [-0.39, 0.29) is 57.1 Å². The third-order valence-corrected chi connectivity index (χ3v) is 2.55. The molecule has 3 nitrogen and oxygen atoms in total. The molecule has 0 fully saturated rings. The molecular formula is C8H5KN2OS. The molecule has 0 unspecified atom stereocenters. The first-order valence-electron chi connectivity index (χ1n) is 3.29. The summed E-state index contributed by atoms with van der Waals surface area (Å²) in [6.07, 6.45) is 1.64. The Balaban J connectivity index is 0.000000845. The zero-order valence-electron chi connectivity index (χ0n) is 5.98. The normalized spacial score (nSPS) is 9.15. The molecule has 0 amide bonds. The fraction of sp³-hybridized carbons (Fsp3) is 0. The van der Waals surface area contributed by atoms with E-state index < -0.39 is 0 Å². The molecular weight excluding hydrogens is 211 g/mol. The van der Waals surface area contributed by atoms with Gasteiger partial charge in [-0.1, -0.05) is 0 Å². The number of nitrogens with zero attached hydrogens (tertiary/aromatic N) is 2. The molecule has 2 aromatic rings. The van der Waals surface area contributed by atoms with Gasteiger partial charge < -0.3 is 5.11 Å². The van der Waals surface area contributed by atoms with Gasteiger partial charge in [0.2, 0.25) is 0 Å². The molecule has 1 N–H and O–H groups in total. The van der Waals surface area contributed by atoms with Crippen molar-refractivity contribution >= 4 is 72.9 Å². The molecule has 13 heavy (non-hydrogen) atoms. The van der Waals surface area contributed by atoms with Gasteiger partial charge in [0.05, 0.1) is 5.39 Å². The summed E-state index contributed by atoms with van der Waals surface area (Å²) in [5.41, 5.74) is 0. The Morgan fingerprint density at radius 2 is 2.31 bits per heavy atom. The van der Waals surface area contributed by atoms with E-state index in [9.17, 15) is 5.11 Å². The molecule has 0 radical (unpaired) electrons. The van der Waals surface area contributed by atoms with E-state index in [0.29, 0.717) is 15.1 Å². The third kappa shape index (κ3) is 1.93. The van der Waals surface area contributed by atoms with Crippen LogP contribution in [-0.4, -0.2) is 61.5 Å². The summed E-state index contributed by atoms with van der Waals surface area (Å²) < 4.78 is 0. The second kappa shape index (κ2) is 4.51. The standard InChI is InChI=1S/C8H4N2OS.K.H/c9-4-6-7(11)5-2-1-3-10-8(5)12-6;;/h1-3,11H;;. The quantitative estimate of drug-likeness (QED) is 0.674. The van der Waals surface area contributed by atoms with Crippen molar-refractivity contribution in [3.05, 3.63) is 23.2 Å². The Hall–Kier alpha value is 0.0364. The average Bonchev–Trinajstić information content (AvgIpc) is 2.44. The first kappa shape index (κ1) is 11.1. The minimum atomic E-state index is 0. The van der Waals surface area contributed by atoms with Gasteiger partial charge >= 0.3 is 51.4 Å². The van der Waals surface area contributed by atoms with Crippen LogP contribution in [0.3, 0.4) is 0 Å². The molecule has 60 valence electrons. The molecule has 0 aliphatic heterocycles. The van der Waals surface area contributed by atoms with Crippen molar-refractivity contribution in [2.24, 2.45) is 0 Å². The predicted molar refractivity (Wildman–Crippen MR) is 53.1 cm³/mol. The SMILES string of the molecule is N#Cc1sc2ncccc2c1O.[KH]. The van der Waals surface area contributed by atoms with Crippen LogP contribution in [0.1, 0.15) is 4.88 Å². The van der Waals surface area contributed by atoms with Gasteiger partial charge in [-0.25, -0.2) is 4.98 Å². The molecule has 2 aromatic heterocycles. The van der Waals surface area contributed by atoms with Crippen molar-refractivity contribution in [2.45, 2.75) is 0 Å². The first-order chi connectivity index (χ1) is 5.83. The fourth-order valence-electron chi connectivity index (χ4n) is 0.995. The van der Waals surface area contributed by atoms with Crippen LogP contribution >= 0.6 is 11.3 Å². The second-order valence-corrected chi connectivity index (χ2v) is 3.25. The second-order valence-electron chi connectivity index (χ2n) is 2.25. The Morgan fingerprint density at radius 1 is 1.54 bits per heavy atom. The van der Waals surface area contributed by atoms with E-state index in [1.54, 1.807) is 18.3 Å². The first-order valence-corrected chi connectivity index (χ1v) is 4.11. The molecule has 2 heterocycles. The summed E-state index contributed by atoms with van der Waals surface area (Å²) >= 11 is 1.20. The van der Waals surface area contributed by atoms with Crippen molar-refractivity contribution in [3.8, 4) is 11.8 Å². The van der Waals surface area contributed by atoms with Crippen molar-refractivity contribution < 1.29 is 5.11 Å². The minimum absolute atomic E-state index is 0. The Labute approximate surface area is 121 Å². The number of aromatic nitrogens is 1. The van der Waals surface area contributed by atoms with Gasteiger partial charge in [0.25, 0.3) is 0 Å². The molecule has 5 heteroatoms. The van der Waals surface area contributed by atoms with E-state index in [0.717, 1.165) is 0 Å². The van der Waals surface area contributed by atoms with Crippen LogP contribution in [0.4, 0.5) is 0 Å². The van der Waals surface area contributed by atoms with E-state index in [4.69, 9.17) is 5.26 Å². The summed E-state index contributed by atoms with van der Waals surface area (Å²) in [4.78, 5) is 5.04. The molecule has 0 aliphatic rings. The maximum atomic E-state index is 9.44. The Bertz CT molecular complexity index is 474. The van der Waals surface area contributed by atoms with Gasteiger partial charge in [-0.15, -0.1) is 11.3 Å². The van der Waals surface area contributed by atoms with Gasteiger partial charge in [-0.2, -0.15) is 5.26 Å². The van der Waals surface area contributed by atoms with Crippen molar-refractivity contribution in [1.29, 1.82) is 5.26 Å². The number of hydrogen-bond acceptors (Lipinski definition) is 4. The Kier molecular flexibility index (Phi) is 3.85. The number of pyridine rings is 1. The van der Waals surface area contributed by atoms with Crippen LogP contribution in [-0.2, 0) is 0 Å². The van der Waals surface area contributed by atoms with Crippen molar-refractivity contribution in [1.82, 2.24) is 4.98 Å². The van der Waals surface area contributed by atoms with Crippen LogP contribution in [0.2, 0.25) is 0 Å². The van der Waals surface area contributed by atoms with Crippen LogP contribution in [0.25, 0.3) is 10.2 Å². The van der Waals surface area contributed by atoms with E-state index in [2.05, 4.69) is 4.98 Å². The van der Waals surface area contributed by atoms with Crippen LogP contribution in [0.5, 0.6) is 5.75 Å². The summed E-state index contributed by atoms with van der Waals surface area (Å²) in [6, 6.07) is 5.39. The molecule has 0 bridgehead atoms. The third-order valence-electron chi connectivity index (χ3n) is 1.54. The maximum absolute atomic E-state index is 9.44. The van der Waals surface area contributed by atoms with Gasteiger partial charge in [0.15, 0.2) is 5.75 Å². The number of fused-ring (bicyclic) bond motifs is 1. The molecule has 0 saturated carbocycles. The van der Waals surface area contributed by atoms with Gasteiger partial charge in [0.1, 0.15) is 15.8 Å².